The molecule has 0 aliphatic heterocycles. The van der Waals surface area contributed by atoms with Crippen LogP contribution in [0.2, 0.25) is 0 Å². The fraction of sp³-hybridized carbons (Fsp3) is 0.452. The molecular weight excluding hydrogens is 599 g/mol. The minimum absolute atomic E-state index is 0. The summed E-state index contributed by atoms with van der Waals surface area (Å²) in [5.74, 6) is -2.93. The number of aromatic amines is 1. The number of likely N-dealkylation sites (N-methyl/N-ethyl adjacent to an activating group) is 1. The van der Waals surface area contributed by atoms with Crippen molar-refractivity contribution in [3.63, 3.8) is 0 Å². The number of ether oxygens (including phenoxy) is 1. The third kappa shape index (κ3) is 6.63. The van der Waals surface area contributed by atoms with E-state index in [4.69, 9.17) is 9.72 Å². The van der Waals surface area contributed by atoms with Crippen molar-refractivity contribution in [2.75, 3.05) is 20.2 Å². The second-order valence-corrected chi connectivity index (χ2v) is 12.7. The molecule has 2 N–H and O–H groups in total. The number of hydrogen-bond acceptors (Lipinski definition) is 8. The van der Waals surface area contributed by atoms with Crippen molar-refractivity contribution in [2.45, 2.75) is 64.5 Å². The maximum absolute atomic E-state index is 13.6. The van der Waals surface area contributed by atoms with E-state index in [9.17, 15) is 28.3 Å². The van der Waals surface area contributed by atoms with Gasteiger partial charge in [-0.25, -0.2) is 24.6 Å². The number of hydrogen-bond donors (Lipinski definition) is 2. The number of nitrogens with zero attached hydrogens (tertiary/aromatic N) is 4. The van der Waals surface area contributed by atoms with Crippen molar-refractivity contribution in [1.29, 1.82) is 0 Å². The molecule has 0 saturated heterocycles. The number of H-pyrrole nitrogens is 1. The SMILES string of the molecule is Cc1cc(-c2c[c-]c(=O)[nH]c2OCCn2c(C)nc3c(c2=O)C[C@@H](N(C)CC2CC(F)(F)C2)CC3)c2scc(C(=O)O)c2n1.[Li+]. The zero-order chi connectivity index (χ0) is 31.3. The monoisotopic (exact) mass is 631 g/mol. The predicted molar refractivity (Wildman–Crippen MR) is 161 cm³/mol. The zero-order valence-electron chi connectivity index (χ0n) is 25.6. The van der Waals surface area contributed by atoms with E-state index in [0.717, 1.165) is 12.1 Å². The van der Waals surface area contributed by atoms with Gasteiger partial charge in [-0.3, -0.25) is 19.1 Å². The Kier molecular flexibility index (Phi) is 9.38. The van der Waals surface area contributed by atoms with Crippen LogP contribution in [0.5, 0.6) is 5.88 Å². The minimum Gasteiger partial charge on any atom is -0.493 e. The van der Waals surface area contributed by atoms with E-state index in [1.807, 2.05) is 7.05 Å². The van der Waals surface area contributed by atoms with Crippen molar-refractivity contribution < 1.29 is 42.3 Å². The molecule has 4 heterocycles. The fourth-order valence-corrected chi connectivity index (χ4v) is 7.38. The van der Waals surface area contributed by atoms with Gasteiger partial charge in [0.15, 0.2) is 5.56 Å². The molecule has 0 aromatic carbocycles. The Hall–Kier alpha value is -3.37. The molecule has 1 atom stereocenters. The number of aryl methyl sites for hydroxylation is 3. The molecule has 232 valence electrons. The molecule has 4 aromatic rings. The van der Waals surface area contributed by atoms with Gasteiger partial charge in [0, 0.05) is 46.8 Å². The van der Waals surface area contributed by atoms with Crippen molar-refractivity contribution in [1.82, 2.24) is 24.4 Å². The summed E-state index contributed by atoms with van der Waals surface area (Å²) in [6, 6.07) is 5.99. The van der Waals surface area contributed by atoms with E-state index in [1.165, 1.54) is 22.8 Å². The van der Waals surface area contributed by atoms with Gasteiger partial charge in [0.05, 0.1) is 23.3 Å². The van der Waals surface area contributed by atoms with Gasteiger partial charge < -0.3 is 19.7 Å². The second-order valence-electron chi connectivity index (χ2n) is 11.8. The summed E-state index contributed by atoms with van der Waals surface area (Å²) in [5.41, 5.74) is 3.00. The summed E-state index contributed by atoms with van der Waals surface area (Å²) in [7, 11) is 1.94. The van der Waals surface area contributed by atoms with Crippen LogP contribution in [0.3, 0.4) is 0 Å². The average molecular weight is 632 g/mol. The van der Waals surface area contributed by atoms with Crippen LogP contribution in [0.1, 0.15) is 52.4 Å². The Labute approximate surface area is 273 Å². The second kappa shape index (κ2) is 12.8. The molecule has 0 spiro atoms. The summed E-state index contributed by atoms with van der Waals surface area (Å²) in [6.07, 6.45) is 1.80. The van der Waals surface area contributed by atoms with Crippen LogP contribution < -0.4 is 34.7 Å². The summed E-state index contributed by atoms with van der Waals surface area (Å²) < 4.78 is 34.9. The van der Waals surface area contributed by atoms with Gasteiger partial charge in [-0.05, 0) is 52.1 Å². The number of halogens is 2. The normalized spacial score (nSPS) is 17.5. The molecule has 1 saturated carbocycles. The molecule has 2 aliphatic rings. The number of carbonyl (C=O) groups is 1. The maximum Gasteiger partial charge on any atom is 1.00 e. The van der Waals surface area contributed by atoms with Crippen LogP contribution in [0.25, 0.3) is 21.3 Å². The number of nitrogens with one attached hydrogen (secondary N) is 1. The Bertz CT molecular complexity index is 1880. The summed E-state index contributed by atoms with van der Waals surface area (Å²) in [6.45, 7) is 4.34. The predicted octanol–water partition coefficient (Wildman–Crippen LogP) is 1.24. The number of thiophene rings is 1. The molecular formula is C31H32F2LiN5O5S. The van der Waals surface area contributed by atoms with Gasteiger partial charge in [-0.15, -0.1) is 16.9 Å². The van der Waals surface area contributed by atoms with Crippen molar-refractivity contribution in [3.05, 3.63) is 72.6 Å². The number of aromatic carboxylic acids is 1. The molecule has 10 nitrogen and oxygen atoms in total. The first kappa shape index (κ1) is 33.0. The smallest absolute Gasteiger partial charge is 0.493 e. The molecule has 0 amide bonds. The molecule has 0 unspecified atom stereocenters. The Morgan fingerprint density at radius 2 is 2.02 bits per heavy atom. The van der Waals surface area contributed by atoms with E-state index < -0.39 is 17.5 Å². The molecule has 1 fully saturated rings. The van der Waals surface area contributed by atoms with Gasteiger partial charge in [0.25, 0.3) is 5.56 Å². The number of carboxylic acid groups (broad SMARTS) is 1. The van der Waals surface area contributed by atoms with E-state index in [-0.39, 0.29) is 73.8 Å². The van der Waals surface area contributed by atoms with Crippen molar-refractivity contribution >= 4 is 27.5 Å². The summed E-state index contributed by atoms with van der Waals surface area (Å²) in [4.78, 5) is 51.5. The van der Waals surface area contributed by atoms with Gasteiger partial charge in [-0.1, -0.05) is 5.56 Å². The van der Waals surface area contributed by atoms with Gasteiger partial charge in [0.1, 0.15) is 18.3 Å². The van der Waals surface area contributed by atoms with Crippen molar-refractivity contribution in [3.8, 4) is 17.0 Å². The molecule has 0 bridgehead atoms. The molecule has 45 heavy (non-hydrogen) atoms. The third-order valence-electron chi connectivity index (χ3n) is 8.59. The van der Waals surface area contributed by atoms with Crippen LogP contribution in [0.4, 0.5) is 8.78 Å². The standard InChI is InChI=1S/C31H32F2N5O5S.Li/c1-16-10-21(27-26(34-16)23(15-44-27)30(41)42)20-5-7-25(39)36-28(20)43-9-8-38-17(2)35-24-6-4-19(11-22(24)29(38)40)37(3)14-18-12-31(32,33)13-18;/h5,10,15,18-19H,4,6,8-9,11-14H2,1-3H3,(H,36,39)(H,41,42);/q-1;+1/t19-;/m0./s1. The number of alkyl halides is 2. The minimum atomic E-state index is -2.55. The number of fused-ring (bicyclic) bond motifs is 2. The number of aromatic nitrogens is 4. The van der Waals surface area contributed by atoms with Gasteiger partial charge in [0.2, 0.25) is 5.92 Å². The van der Waals surface area contributed by atoms with Crippen LogP contribution in [0, 0.1) is 25.8 Å². The van der Waals surface area contributed by atoms with Crippen molar-refractivity contribution in [2.24, 2.45) is 5.92 Å². The van der Waals surface area contributed by atoms with Gasteiger partial charge >= 0.3 is 24.8 Å². The Balaban J connectivity index is 0.00000400. The molecule has 2 aliphatic carbocycles. The zero-order valence-corrected chi connectivity index (χ0v) is 26.4. The third-order valence-corrected chi connectivity index (χ3v) is 9.59. The number of rotatable bonds is 9. The largest absolute Gasteiger partial charge is 1.00 e. The number of pyridine rings is 2. The molecule has 6 rings (SSSR count). The summed E-state index contributed by atoms with van der Waals surface area (Å²) >= 11 is 1.24. The fourth-order valence-electron chi connectivity index (χ4n) is 6.37. The van der Waals surface area contributed by atoms with E-state index in [0.29, 0.717) is 57.8 Å². The van der Waals surface area contributed by atoms with E-state index >= 15 is 0 Å². The average Bonchev–Trinajstić information content (AvgIpc) is 3.37. The molecule has 14 heteroatoms. The van der Waals surface area contributed by atoms with Crippen LogP contribution in [0.15, 0.2) is 27.1 Å². The Morgan fingerprint density at radius 1 is 1.27 bits per heavy atom. The topological polar surface area (TPSA) is 130 Å². The van der Waals surface area contributed by atoms with Crippen LogP contribution in [-0.2, 0) is 19.4 Å². The quantitative estimate of drug-likeness (QED) is 0.209. The van der Waals surface area contributed by atoms with Crippen LogP contribution in [-0.4, -0.2) is 67.7 Å². The maximum atomic E-state index is 13.6. The first-order chi connectivity index (χ1) is 20.9. The number of carboxylic acids is 1. The first-order valence-corrected chi connectivity index (χ1v) is 15.4. The van der Waals surface area contributed by atoms with Gasteiger partial charge in [-0.2, -0.15) is 6.07 Å². The summed E-state index contributed by atoms with van der Waals surface area (Å²) in [5, 5.41) is 11.1. The van der Waals surface area contributed by atoms with E-state index in [2.05, 4.69) is 20.9 Å². The first-order valence-electron chi connectivity index (χ1n) is 14.5. The molecule has 0 radical (unpaired) electrons. The Morgan fingerprint density at radius 3 is 2.73 bits per heavy atom. The molecule has 4 aromatic heterocycles. The van der Waals surface area contributed by atoms with Crippen LogP contribution >= 0.6 is 11.3 Å². The van der Waals surface area contributed by atoms with E-state index in [1.54, 1.807) is 24.5 Å².